The maximum absolute atomic E-state index is 11.4. The van der Waals surface area contributed by atoms with E-state index >= 15 is 0 Å². The van der Waals surface area contributed by atoms with Gasteiger partial charge in [-0.2, -0.15) is 0 Å². The van der Waals surface area contributed by atoms with Crippen molar-refractivity contribution < 1.29 is 9.53 Å². The lowest BCUT2D eigenvalue weighted by molar-refractivity contribution is 0.0600. The second-order valence-corrected chi connectivity index (χ2v) is 3.27. The molecule has 0 spiro atoms. The Balaban J connectivity index is 2.91. The van der Waals surface area contributed by atoms with E-state index in [1.807, 2.05) is 24.3 Å². The molecule has 0 unspecified atom stereocenters. The maximum Gasteiger partial charge on any atom is 0.338 e. The molecule has 0 bridgehead atoms. The Morgan fingerprint density at radius 3 is 2.80 bits per heavy atom. The molecule has 0 fully saturated rings. The smallest absolute Gasteiger partial charge is 0.338 e. The molecule has 0 radical (unpaired) electrons. The number of methoxy groups -OCH3 is 1. The highest BCUT2D eigenvalue weighted by atomic mass is 16.5. The largest absolute Gasteiger partial charge is 0.465 e. The summed E-state index contributed by atoms with van der Waals surface area (Å²) in [6.07, 6.45) is 6.17. The number of carbonyl (C=O) groups is 1. The molecule has 0 aliphatic rings. The van der Waals surface area contributed by atoms with Crippen molar-refractivity contribution in [3.63, 3.8) is 0 Å². The highest BCUT2D eigenvalue weighted by Gasteiger charge is 2.07. The molecular weight excluding hydrogens is 188 g/mol. The van der Waals surface area contributed by atoms with Crippen LogP contribution in [0, 0.1) is 0 Å². The lowest BCUT2D eigenvalue weighted by Crippen LogP contribution is -2.02. The minimum Gasteiger partial charge on any atom is -0.465 e. The Bertz CT molecular complexity index is 353. The monoisotopic (exact) mass is 204 g/mol. The Kier molecular flexibility index (Phi) is 4.61. The van der Waals surface area contributed by atoms with Gasteiger partial charge in [-0.05, 0) is 18.1 Å². The molecule has 0 N–H and O–H groups in total. The first-order valence-corrected chi connectivity index (χ1v) is 5.13. The van der Waals surface area contributed by atoms with Gasteiger partial charge in [0.2, 0.25) is 0 Å². The fraction of sp³-hybridized carbons (Fsp3) is 0.308. The molecule has 0 atom stereocenters. The Hall–Kier alpha value is -1.57. The second-order valence-electron chi connectivity index (χ2n) is 3.27. The van der Waals surface area contributed by atoms with Crippen molar-refractivity contribution >= 4 is 12.0 Å². The summed E-state index contributed by atoms with van der Waals surface area (Å²) in [6.45, 7) is 2.12. The van der Waals surface area contributed by atoms with Crippen molar-refractivity contribution in [2.24, 2.45) is 0 Å². The van der Waals surface area contributed by atoms with Crippen molar-refractivity contribution in [3.8, 4) is 0 Å². The third kappa shape index (κ3) is 3.24. The SMILES string of the molecule is CCCC=Cc1ccccc1C(=O)OC. The molecule has 0 heterocycles. The lowest BCUT2D eigenvalue weighted by atomic mass is 10.1. The number of unbranched alkanes of at least 4 members (excludes halogenated alkanes) is 1. The summed E-state index contributed by atoms with van der Waals surface area (Å²) in [5, 5.41) is 0. The predicted molar refractivity (Wildman–Crippen MR) is 61.7 cm³/mol. The number of esters is 1. The van der Waals surface area contributed by atoms with Crippen molar-refractivity contribution in [1.29, 1.82) is 0 Å². The van der Waals surface area contributed by atoms with Crippen LogP contribution in [0.5, 0.6) is 0 Å². The number of benzene rings is 1. The van der Waals surface area contributed by atoms with E-state index in [-0.39, 0.29) is 5.97 Å². The summed E-state index contributed by atoms with van der Waals surface area (Å²) >= 11 is 0. The zero-order valence-corrected chi connectivity index (χ0v) is 9.19. The zero-order chi connectivity index (χ0) is 11.1. The average molecular weight is 204 g/mol. The van der Waals surface area contributed by atoms with Crippen LogP contribution in [0.3, 0.4) is 0 Å². The highest BCUT2D eigenvalue weighted by molar-refractivity contribution is 5.93. The molecule has 2 nitrogen and oxygen atoms in total. The van der Waals surface area contributed by atoms with Gasteiger partial charge in [0.15, 0.2) is 0 Å². The van der Waals surface area contributed by atoms with Gasteiger partial charge >= 0.3 is 5.97 Å². The van der Waals surface area contributed by atoms with Gasteiger partial charge in [-0.15, -0.1) is 0 Å². The number of hydrogen-bond acceptors (Lipinski definition) is 2. The van der Waals surface area contributed by atoms with Gasteiger partial charge in [-0.3, -0.25) is 0 Å². The van der Waals surface area contributed by atoms with Crippen molar-refractivity contribution in [2.45, 2.75) is 19.8 Å². The van der Waals surface area contributed by atoms with Crippen LogP contribution in [0.15, 0.2) is 30.3 Å². The summed E-state index contributed by atoms with van der Waals surface area (Å²) in [5.74, 6) is -0.285. The molecule has 15 heavy (non-hydrogen) atoms. The highest BCUT2D eigenvalue weighted by Crippen LogP contribution is 2.12. The summed E-state index contributed by atoms with van der Waals surface area (Å²) in [6, 6.07) is 7.44. The molecule has 0 aliphatic carbocycles. The van der Waals surface area contributed by atoms with Crippen molar-refractivity contribution in [2.75, 3.05) is 7.11 Å². The van der Waals surface area contributed by atoms with Gasteiger partial charge in [0.05, 0.1) is 12.7 Å². The molecule has 0 saturated carbocycles. The second kappa shape index (κ2) is 6.02. The fourth-order valence-electron chi connectivity index (χ4n) is 1.32. The molecule has 0 aromatic heterocycles. The molecule has 0 saturated heterocycles. The maximum atomic E-state index is 11.4. The quantitative estimate of drug-likeness (QED) is 0.703. The van der Waals surface area contributed by atoms with E-state index in [1.165, 1.54) is 7.11 Å². The minimum atomic E-state index is -0.285. The number of rotatable bonds is 4. The Morgan fingerprint density at radius 2 is 2.13 bits per heavy atom. The van der Waals surface area contributed by atoms with Gasteiger partial charge in [0.1, 0.15) is 0 Å². The van der Waals surface area contributed by atoms with Crippen LogP contribution in [0.4, 0.5) is 0 Å². The zero-order valence-electron chi connectivity index (χ0n) is 9.19. The van der Waals surface area contributed by atoms with Gasteiger partial charge < -0.3 is 4.74 Å². The number of carbonyl (C=O) groups excluding carboxylic acids is 1. The molecule has 80 valence electrons. The van der Waals surface area contributed by atoms with Crippen LogP contribution in [-0.2, 0) is 4.74 Å². The van der Waals surface area contributed by atoms with Gasteiger partial charge in [-0.25, -0.2) is 4.79 Å². The first kappa shape index (κ1) is 11.5. The van der Waals surface area contributed by atoms with Gasteiger partial charge in [0, 0.05) is 0 Å². The van der Waals surface area contributed by atoms with Crippen molar-refractivity contribution in [1.82, 2.24) is 0 Å². The van der Waals surface area contributed by atoms with E-state index in [2.05, 4.69) is 13.0 Å². The molecule has 2 heteroatoms. The van der Waals surface area contributed by atoms with E-state index < -0.39 is 0 Å². The van der Waals surface area contributed by atoms with Gasteiger partial charge in [-0.1, -0.05) is 43.7 Å². The number of ether oxygens (including phenoxy) is 1. The Labute approximate surface area is 90.6 Å². The lowest BCUT2D eigenvalue weighted by Gasteiger charge is -2.02. The molecule has 0 amide bonds. The van der Waals surface area contributed by atoms with Crippen molar-refractivity contribution in [3.05, 3.63) is 41.5 Å². The van der Waals surface area contributed by atoms with E-state index in [1.54, 1.807) is 6.07 Å². The fourth-order valence-corrected chi connectivity index (χ4v) is 1.32. The first-order chi connectivity index (χ1) is 7.29. The minimum absolute atomic E-state index is 0.285. The summed E-state index contributed by atoms with van der Waals surface area (Å²) in [4.78, 5) is 11.4. The molecule has 0 aliphatic heterocycles. The topological polar surface area (TPSA) is 26.3 Å². The third-order valence-electron chi connectivity index (χ3n) is 2.12. The van der Waals surface area contributed by atoms with Crippen LogP contribution in [0.25, 0.3) is 6.08 Å². The normalized spacial score (nSPS) is 10.5. The average Bonchev–Trinajstić information content (AvgIpc) is 2.29. The first-order valence-electron chi connectivity index (χ1n) is 5.13. The van der Waals surface area contributed by atoms with E-state index in [0.29, 0.717) is 5.56 Å². The van der Waals surface area contributed by atoms with E-state index in [9.17, 15) is 4.79 Å². The van der Waals surface area contributed by atoms with E-state index in [0.717, 1.165) is 18.4 Å². The van der Waals surface area contributed by atoms with Crippen LogP contribution >= 0.6 is 0 Å². The van der Waals surface area contributed by atoms with Crippen LogP contribution in [-0.4, -0.2) is 13.1 Å². The predicted octanol–water partition coefficient (Wildman–Crippen LogP) is 3.29. The molecule has 1 aromatic rings. The molecule has 1 rings (SSSR count). The number of hydrogen-bond donors (Lipinski definition) is 0. The standard InChI is InChI=1S/C13H16O2/c1-3-4-5-8-11-9-6-7-10-12(11)13(14)15-2/h5-10H,3-4H2,1-2H3. The summed E-state index contributed by atoms with van der Waals surface area (Å²) < 4.78 is 4.71. The molecular formula is C13H16O2. The molecule has 1 aromatic carbocycles. The Morgan fingerprint density at radius 1 is 1.40 bits per heavy atom. The summed E-state index contributed by atoms with van der Waals surface area (Å²) in [7, 11) is 1.40. The van der Waals surface area contributed by atoms with Crippen LogP contribution < -0.4 is 0 Å². The van der Waals surface area contributed by atoms with Gasteiger partial charge in [0.25, 0.3) is 0 Å². The number of allylic oxidation sites excluding steroid dienone is 1. The van der Waals surface area contributed by atoms with Crippen LogP contribution in [0.2, 0.25) is 0 Å². The third-order valence-corrected chi connectivity index (χ3v) is 2.12. The van der Waals surface area contributed by atoms with Crippen LogP contribution in [0.1, 0.15) is 35.7 Å². The summed E-state index contributed by atoms with van der Waals surface area (Å²) in [5.41, 5.74) is 1.53. The van der Waals surface area contributed by atoms with E-state index in [4.69, 9.17) is 4.74 Å².